The molecule has 0 saturated heterocycles. The highest BCUT2D eigenvalue weighted by Gasteiger charge is 2.14. The maximum Gasteiger partial charge on any atom is 0.339 e. The number of carbonyl (C=O) groups is 1. The van der Waals surface area contributed by atoms with Gasteiger partial charge in [-0.15, -0.1) is 11.3 Å². The van der Waals surface area contributed by atoms with Gasteiger partial charge in [0, 0.05) is 10.6 Å². The Kier molecular flexibility index (Phi) is 5.04. The predicted octanol–water partition coefficient (Wildman–Crippen LogP) is 4.75. The van der Waals surface area contributed by atoms with Crippen LogP contribution < -0.4 is 5.32 Å². The Labute approximate surface area is 127 Å². The quantitative estimate of drug-likeness (QED) is 0.810. The van der Waals surface area contributed by atoms with E-state index in [9.17, 15) is 4.79 Å². The van der Waals surface area contributed by atoms with Crippen LogP contribution in [-0.4, -0.2) is 13.1 Å². The smallest absolute Gasteiger partial charge is 0.339 e. The molecule has 0 amide bonds. The van der Waals surface area contributed by atoms with Crippen molar-refractivity contribution in [3.8, 4) is 0 Å². The highest BCUT2D eigenvalue weighted by molar-refractivity contribution is 7.10. The predicted molar refractivity (Wildman–Crippen MR) is 83.8 cm³/mol. The summed E-state index contributed by atoms with van der Waals surface area (Å²) in [5.41, 5.74) is 1.23. The van der Waals surface area contributed by atoms with Gasteiger partial charge in [0.1, 0.15) is 0 Å². The molecule has 1 heterocycles. The Hall–Kier alpha value is -1.52. The van der Waals surface area contributed by atoms with Gasteiger partial charge in [0.15, 0.2) is 0 Å². The van der Waals surface area contributed by atoms with Crippen molar-refractivity contribution >= 4 is 34.6 Å². The molecule has 0 radical (unpaired) electrons. The monoisotopic (exact) mass is 309 g/mol. The number of anilines is 1. The average Bonchev–Trinajstić information content (AvgIpc) is 2.99. The zero-order chi connectivity index (χ0) is 14.5. The van der Waals surface area contributed by atoms with Crippen LogP contribution in [-0.2, 0) is 4.74 Å². The van der Waals surface area contributed by atoms with Crippen molar-refractivity contribution in [3.63, 3.8) is 0 Å². The van der Waals surface area contributed by atoms with E-state index in [2.05, 4.69) is 23.7 Å². The van der Waals surface area contributed by atoms with Crippen LogP contribution in [0.3, 0.4) is 0 Å². The van der Waals surface area contributed by atoms with Crippen molar-refractivity contribution in [1.29, 1.82) is 0 Å². The third-order valence-corrected chi connectivity index (χ3v) is 4.32. The molecule has 1 N–H and O–H groups in total. The Morgan fingerprint density at radius 1 is 1.45 bits per heavy atom. The molecule has 3 nitrogen and oxygen atoms in total. The molecule has 0 saturated carbocycles. The normalized spacial score (nSPS) is 11.9. The number of halogens is 1. The molecule has 5 heteroatoms. The molecule has 1 atom stereocenters. The van der Waals surface area contributed by atoms with Gasteiger partial charge in [-0.1, -0.05) is 24.6 Å². The Morgan fingerprint density at radius 3 is 2.85 bits per heavy atom. The Balaban J connectivity index is 2.23. The highest BCUT2D eigenvalue weighted by Crippen LogP contribution is 2.28. The van der Waals surface area contributed by atoms with Gasteiger partial charge in [-0.2, -0.15) is 0 Å². The van der Waals surface area contributed by atoms with E-state index in [1.165, 1.54) is 12.0 Å². The van der Waals surface area contributed by atoms with E-state index in [1.54, 1.807) is 23.5 Å². The maximum atomic E-state index is 11.6. The molecular weight excluding hydrogens is 294 g/mol. The molecule has 1 aromatic carbocycles. The van der Waals surface area contributed by atoms with Crippen LogP contribution in [0.4, 0.5) is 5.69 Å². The van der Waals surface area contributed by atoms with Crippen LogP contribution in [0.15, 0.2) is 35.7 Å². The van der Waals surface area contributed by atoms with E-state index in [0.29, 0.717) is 10.6 Å². The van der Waals surface area contributed by atoms with Gasteiger partial charge in [0.2, 0.25) is 0 Å². The molecule has 0 spiro atoms. The second kappa shape index (κ2) is 6.77. The molecule has 1 aromatic heterocycles. The summed E-state index contributed by atoms with van der Waals surface area (Å²) in [6.07, 6.45) is 0.955. The number of methoxy groups -OCH3 is 1. The third-order valence-electron chi connectivity index (χ3n) is 3.01. The van der Waals surface area contributed by atoms with E-state index in [-0.39, 0.29) is 6.04 Å². The lowest BCUT2D eigenvalue weighted by atomic mass is 10.1. The summed E-state index contributed by atoms with van der Waals surface area (Å²) >= 11 is 7.73. The van der Waals surface area contributed by atoms with E-state index in [4.69, 9.17) is 16.3 Å². The zero-order valence-corrected chi connectivity index (χ0v) is 12.9. The molecule has 0 bridgehead atoms. The number of ether oxygens (including phenoxy) is 1. The molecule has 0 aliphatic heterocycles. The number of rotatable bonds is 5. The lowest BCUT2D eigenvalue weighted by Crippen LogP contribution is -2.09. The summed E-state index contributed by atoms with van der Waals surface area (Å²) in [7, 11) is 1.35. The van der Waals surface area contributed by atoms with Gasteiger partial charge in [0.05, 0.1) is 23.7 Å². The fourth-order valence-electron chi connectivity index (χ4n) is 1.95. The maximum absolute atomic E-state index is 11.6. The summed E-state index contributed by atoms with van der Waals surface area (Å²) in [6, 6.07) is 9.66. The first kappa shape index (κ1) is 14.9. The molecule has 2 rings (SSSR count). The summed E-state index contributed by atoms with van der Waals surface area (Å²) in [6.45, 7) is 2.12. The van der Waals surface area contributed by atoms with E-state index in [1.807, 2.05) is 12.1 Å². The summed E-state index contributed by atoms with van der Waals surface area (Å²) in [5.74, 6) is -0.428. The van der Waals surface area contributed by atoms with Gasteiger partial charge in [0.25, 0.3) is 0 Å². The van der Waals surface area contributed by atoms with Crippen LogP contribution in [0.1, 0.15) is 34.6 Å². The Bertz CT molecular complexity index is 584. The highest BCUT2D eigenvalue weighted by atomic mass is 35.5. The number of thiophene rings is 1. The number of hydrogen-bond donors (Lipinski definition) is 1. The van der Waals surface area contributed by atoms with E-state index in [0.717, 1.165) is 12.1 Å². The van der Waals surface area contributed by atoms with Crippen LogP contribution in [0, 0.1) is 0 Å². The minimum Gasteiger partial charge on any atom is -0.465 e. The van der Waals surface area contributed by atoms with E-state index >= 15 is 0 Å². The van der Waals surface area contributed by atoms with Gasteiger partial charge < -0.3 is 10.1 Å². The van der Waals surface area contributed by atoms with Crippen LogP contribution >= 0.6 is 22.9 Å². The van der Waals surface area contributed by atoms with Crippen molar-refractivity contribution in [2.45, 2.75) is 19.4 Å². The molecule has 0 aliphatic carbocycles. The van der Waals surface area contributed by atoms with Crippen LogP contribution in [0.25, 0.3) is 0 Å². The van der Waals surface area contributed by atoms with Gasteiger partial charge in [-0.05, 0) is 36.1 Å². The van der Waals surface area contributed by atoms with Crippen molar-refractivity contribution in [3.05, 3.63) is 51.2 Å². The molecule has 0 aliphatic rings. The Morgan fingerprint density at radius 2 is 2.25 bits per heavy atom. The molecule has 106 valence electrons. The summed E-state index contributed by atoms with van der Waals surface area (Å²) in [4.78, 5) is 12.9. The number of nitrogens with one attached hydrogen (secondary N) is 1. The molecule has 0 fully saturated rings. The first-order chi connectivity index (χ1) is 9.65. The van der Waals surface area contributed by atoms with Crippen molar-refractivity contribution in [1.82, 2.24) is 0 Å². The van der Waals surface area contributed by atoms with Crippen LogP contribution in [0.2, 0.25) is 5.02 Å². The average molecular weight is 310 g/mol. The fraction of sp³-hybridized carbons (Fsp3) is 0.267. The molecule has 20 heavy (non-hydrogen) atoms. The van der Waals surface area contributed by atoms with Crippen molar-refractivity contribution in [2.24, 2.45) is 0 Å². The molecular formula is C15H16ClNO2S. The number of hydrogen-bond acceptors (Lipinski definition) is 4. The third kappa shape index (κ3) is 3.32. The first-order valence-corrected chi connectivity index (χ1v) is 7.59. The number of esters is 1. The summed E-state index contributed by atoms with van der Waals surface area (Å²) in [5, 5.41) is 5.87. The molecule has 1 unspecified atom stereocenters. The fourth-order valence-corrected chi connectivity index (χ4v) is 3.00. The minimum absolute atomic E-state index is 0.224. The number of carbonyl (C=O) groups excluding carboxylic acids is 1. The van der Waals surface area contributed by atoms with Gasteiger partial charge in [-0.3, -0.25) is 0 Å². The standard InChI is InChI=1S/C15H16ClNO2S/c1-3-13(14-5-4-8-20-14)17-10-6-7-12(16)11(9-10)15(18)19-2/h4-9,13,17H,3H2,1-2H3. The van der Waals surface area contributed by atoms with Crippen LogP contribution in [0.5, 0.6) is 0 Å². The molecule has 2 aromatic rings. The second-order valence-electron chi connectivity index (χ2n) is 4.31. The van der Waals surface area contributed by atoms with Gasteiger partial charge in [-0.25, -0.2) is 4.79 Å². The summed E-state index contributed by atoms with van der Waals surface area (Å²) < 4.78 is 4.73. The SMILES string of the molecule is CCC(Nc1ccc(Cl)c(C(=O)OC)c1)c1cccs1. The first-order valence-electron chi connectivity index (χ1n) is 6.33. The minimum atomic E-state index is -0.428. The lowest BCUT2D eigenvalue weighted by Gasteiger charge is -2.17. The number of benzene rings is 1. The lowest BCUT2D eigenvalue weighted by molar-refractivity contribution is 0.0601. The van der Waals surface area contributed by atoms with Crippen molar-refractivity contribution < 1.29 is 9.53 Å². The zero-order valence-electron chi connectivity index (χ0n) is 11.4. The largest absolute Gasteiger partial charge is 0.465 e. The van der Waals surface area contributed by atoms with E-state index < -0.39 is 5.97 Å². The van der Waals surface area contributed by atoms with Gasteiger partial charge >= 0.3 is 5.97 Å². The van der Waals surface area contributed by atoms with Crippen molar-refractivity contribution in [2.75, 3.05) is 12.4 Å². The topological polar surface area (TPSA) is 38.3 Å². The second-order valence-corrected chi connectivity index (χ2v) is 5.69.